The van der Waals surface area contributed by atoms with Crippen LogP contribution in [0.1, 0.15) is 27.7 Å². The number of aryl methyl sites for hydroxylation is 2. The van der Waals surface area contributed by atoms with Crippen molar-refractivity contribution >= 4 is 11.3 Å². The molecule has 84 valence electrons. The van der Waals surface area contributed by atoms with Crippen LogP contribution in [0.3, 0.4) is 0 Å². The first-order chi connectivity index (χ1) is 7.02. The third kappa shape index (κ3) is 2.03. The Balaban J connectivity index is 2.28. The quantitative estimate of drug-likeness (QED) is 0.838. The van der Waals surface area contributed by atoms with Gasteiger partial charge >= 0.3 is 6.18 Å². The van der Waals surface area contributed by atoms with E-state index in [2.05, 4.69) is 0 Å². The maximum atomic E-state index is 12.6. The fourth-order valence-corrected chi connectivity index (χ4v) is 3.33. The molecule has 1 atom stereocenters. The van der Waals surface area contributed by atoms with Crippen molar-refractivity contribution in [2.45, 2.75) is 31.4 Å². The number of alkyl halides is 3. The minimum atomic E-state index is -4.21. The molecule has 15 heavy (non-hydrogen) atoms. The molecule has 1 unspecified atom stereocenters. The molecule has 1 aromatic rings. The second kappa shape index (κ2) is 3.79. The highest BCUT2D eigenvalue weighted by Gasteiger charge is 2.41. The maximum Gasteiger partial charge on any atom is 0.397 e. The van der Waals surface area contributed by atoms with Crippen molar-refractivity contribution in [2.24, 2.45) is 5.73 Å². The third-order valence-corrected chi connectivity index (χ3v) is 4.09. The van der Waals surface area contributed by atoms with E-state index in [1.54, 1.807) is 6.07 Å². The Morgan fingerprint density at radius 1 is 1.40 bits per heavy atom. The van der Waals surface area contributed by atoms with E-state index in [0.29, 0.717) is 4.88 Å². The first-order valence-electron chi connectivity index (χ1n) is 4.90. The predicted molar refractivity (Wildman–Crippen MR) is 54.2 cm³/mol. The second-order valence-electron chi connectivity index (χ2n) is 3.78. The van der Waals surface area contributed by atoms with Gasteiger partial charge in [0.1, 0.15) is 5.92 Å². The van der Waals surface area contributed by atoms with Gasteiger partial charge in [0.25, 0.3) is 0 Å². The Morgan fingerprint density at radius 2 is 2.13 bits per heavy atom. The van der Waals surface area contributed by atoms with E-state index >= 15 is 0 Å². The lowest BCUT2D eigenvalue weighted by atomic mass is 10.1. The summed E-state index contributed by atoms with van der Waals surface area (Å²) >= 11 is 1.28. The summed E-state index contributed by atoms with van der Waals surface area (Å²) in [5.41, 5.74) is 6.29. The van der Waals surface area contributed by atoms with Crippen molar-refractivity contribution in [2.75, 3.05) is 6.54 Å². The van der Waals surface area contributed by atoms with Gasteiger partial charge in [-0.2, -0.15) is 13.2 Å². The minimum absolute atomic E-state index is 0.358. The normalized spacial score (nSPS) is 17.9. The van der Waals surface area contributed by atoms with E-state index in [0.717, 1.165) is 29.7 Å². The highest BCUT2D eigenvalue weighted by atomic mass is 32.1. The first kappa shape index (κ1) is 11.0. The van der Waals surface area contributed by atoms with Crippen molar-refractivity contribution in [3.05, 3.63) is 21.4 Å². The van der Waals surface area contributed by atoms with E-state index < -0.39 is 12.1 Å². The van der Waals surface area contributed by atoms with Gasteiger partial charge in [0, 0.05) is 16.3 Å². The highest BCUT2D eigenvalue weighted by Crippen LogP contribution is 2.40. The average molecular weight is 235 g/mol. The van der Waals surface area contributed by atoms with Crippen LogP contribution >= 0.6 is 11.3 Å². The second-order valence-corrected chi connectivity index (χ2v) is 4.95. The Bertz CT molecular complexity index is 335. The van der Waals surface area contributed by atoms with Crippen molar-refractivity contribution in [3.8, 4) is 0 Å². The lowest BCUT2D eigenvalue weighted by molar-refractivity contribution is -0.147. The number of fused-ring (bicyclic) bond motifs is 1. The zero-order chi connectivity index (χ0) is 11.1. The van der Waals surface area contributed by atoms with Crippen LogP contribution < -0.4 is 5.73 Å². The smallest absolute Gasteiger partial charge is 0.329 e. The topological polar surface area (TPSA) is 26.0 Å². The van der Waals surface area contributed by atoms with E-state index in [9.17, 15) is 13.2 Å². The Labute approximate surface area is 90.1 Å². The predicted octanol–water partition coefficient (Wildman–Crippen LogP) is 2.84. The van der Waals surface area contributed by atoms with Crippen LogP contribution in [0.2, 0.25) is 0 Å². The number of hydrogen-bond acceptors (Lipinski definition) is 2. The van der Waals surface area contributed by atoms with Crippen LogP contribution in [-0.4, -0.2) is 12.7 Å². The minimum Gasteiger partial charge on any atom is -0.329 e. The largest absolute Gasteiger partial charge is 0.397 e. The molecule has 1 aliphatic rings. The summed E-state index contributed by atoms with van der Waals surface area (Å²) in [6, 6.07) is 1.69. The van der Waals surface area contributed by atoms with E-state index in [-0.39, 0.29) is 6.54 Å². The van der Waals surface area contributed by atoms with Gasteiger partial charge in [-0.05, 0) is 30.9 Å². The van der Waals surface area contributed by atoms with Crippen LogP contribution in [-0.2, 0) is 12.8 Å². The van der Waals surface area contributed by atoms with Crippen molar-refractivity contribution < 1.29 is 13.2 Å². The molecule has 0 spiro atoms. The molecule has 1 aromatic heterocycles. The Morgan fingerprint density at radius 3 is 2.67 bits per heavy atom. The van der Waals surface area contributed by atoms with Crippen molar-refractivity contribution in [3.63, 3.8) is 0 Å². The van der Waals surface area contributed by atoms with Gasteiger partial charge < -0.3 is 5.73 Å². The lowest BCUT2D eigenvalue weighted by Crippen LogP contribution is -2.27. The molecule has 1 aliphatic carbocycles. The average Bonchev–Trinajstić information content (AvgIpc) is 2.61. The standard InChI is InChI=1S/C10H12F3NS/c11-10(12,13)7(5-14)9-4-6-2-1-3-8(6)15-9/h4,7H,1-3,5,14H2. The summed E-state index contributed by atoms with van der Waals surface area (Å²) in [4.78, 5) is 1.50. The Hall–Kier alpha value is -0.550. The molecule has 0 aromatic carbocycles. The molecule has 2 rings (SSSR count). The number of nitrogens with two attached hydrogens (primary N) is 1. The fraction of sp³-hybridized carbons (Fsp3) is 0.600. The maximum absolute atomic E-state index is 12.6. The number of thiophene rings is 1. The number of hydrogen-bond donors (Lipinski definition) is 1. The number of rotatable bonds is 2. The van der Waals surface area contributed by atoms with Gasteiger partial charge in [-0.1, -0.05) is 0 Å². The molecule has 0 saturated carbocycles. The third-order valence-electron chi connectivity index (χ3n) is 2.74. The van der Waals surface area contributed by atoms with Crippen molar-refractivity contribution in [1.82, 2.24) is 0 Å². The summed E-state index contributed by atoms with van der Waals surface area (Å²) in [7, 11) is 0. The van der Waals surface area contributed by atoms with Crippen molar-refractivity contribution in [1.29, 1.82) is 0 Å². The lowest BCUT2D eigenvalue weighted by Gasteiger charge is -2.16. The van der Waals surface area contributed by atoms with Crippen LogP contribution in [0, 0.1) is 0 Å². The zero-order valence-electron chi connectivity index (χ0n) is 8.10. The number of halogens is 3. The fourth-order valence-electron chi connectivity index (χ4n) is 1.93. The van der Waals surface area contributed by atoms with Gasteiger partial charge in [-0.15, -0.1) is 11.3 Å². The van der Waals surface area contributed by atoms with Gasteiger partial charge in [-0.25, -0.2) is 0 Å². The molecule has 0 amide bonds. The van der Waals surface area contributed by atoms with E-state index in [4.69, 9.17) is 5.73 Å². The molecule has 0 fully saturated rings. The van der Waals surface area contributed by atoms with Crippen LogP contribution in [0.25, 0.3) is 0 Å². The summed E-state index contributed by atoms with van der Waals surface area (Å²) in [5.74, 6) is -1.48. The molecule has 1 heterocycles. The molecule has 0 aliphatic heterocycles. The van der Waals surface area contributed by atoms with Crippen LogP contribution in [0.15, 0.2) is 6.07 Å². The summed E-state index contributed by atoms with van der Waals surface area (Å²) in [5, 5.41) is 0. The molecule has 0 saturated heterocycles. The molecule has 0 radical (unpaired) electrons. The van der Waals surface area contributed by atoms with Gasteiger partial charge in [0.2, 0.25) is 0 Å². The monoisotopic (exact) mass is 235 g/mol. The Kier molecular flexibility index (Phi) is 2.77. The summed E-state index contributed by atoms with van der Waals surface area (Å²) in [6.07, 6.45) is -1.30. The van der Waals surface area contributed by atoms with E-state index in [1.807, 2.05) is 0 Å². The summed E-state index contributed by atoms with van der Waals surface area (Å²) in [6.45, 7) is -0.358. The molecule has 1 nitrogen and oxygen atoms in total. The first-order valence-corrected chi connectivity index (χ1v) is 5.72. The molecule has 0 bridgehead atoms. The molecular formula is C10H12F3NS. The molecular weight excluding hydrogens is 223 g/mol. The SMILES string of the molecule is NCC(c1cc2c(s1)CCC2)C(F)(F)F. The van der Waals surface area contributed by atoms with Crippen LogP contribution in [0.5, 0.6) is 0 Å². The zero-order valence-corrected chi connectivity index (χ0v) is 8.92. The van der Waals surface area contributed by atoms with Gasteiger partial charge in [0.15, 0.2) is 0 Å². The molecule has 2 N–H and O–H groups in total. The highest BCUT2D eigenvalue weighted by molar-refractivity contribution is 7.12. The van der Waals surface area contributed by atoms with Gasteiger partial charge in [0.05, 0.1) is 0 Å². The summed E-state index contributed by atoms with van der Waals surface area (Å²) < 4.78 is 37.8. The molecule has 5 heteroatoms. The van der Waals surface area contributed by atoms with Crippen LogP contribution in [0.4, 0.5) is 13.2 Å². The van der Waals surface area contributed by atoms with E-state index in [1.165, 1.54) is 11.3 Å². The van der Waals surface area contributed by atoms with Gasteiger partial charge in [-0.3, -0.25) is 0 Å².